The van der Waals surface area contributed by atoms with Gasteiger partial charge in [-0.2, -0.15) is 0 Å². The molecule has 3 heteroatoms. The van der Waals surface area contributed by atoms with Gasteiger partial charge in [0.25, 0.3) is 0 Å². The molecule has 1 atom stereocenters. The lowest BCUT2D eigenvalue weighted by molar-refractivity contribution is 0.0871. The van der Waals surface area contributed by atoms with Gasteiger partial charge < -0.3 is 4.74 Å². The number of benzene rings is 1. The smallest absolute Gasteiger partial charge is 0.170 e. The number of carbonyl (C=O) groups excluding carboxylic acids is 1. The Morgan fingerprint density at radius 2 is 2.31 bits per heavy atom. The van der Waals surface area contributed by atoms with Gasteiger partial charge in [-0.3, -0.25) is 4.79 Å². The normalized spacial score (nSPS) is 20.8. The van der Waals surface area contributed by atoms with E-state index in [4.69, 9.17) is 4.74 Å². The minimum absolute atomic E-state index is 0.0139. The molecular weight excluding hydrogens is 279 g/mol. The zero-order valence-corrected chi connectivity index (χ0v) is 9.37. The number of Topliss-reactive ketones (excluding diaryl/α,β-unsaturated/α-hetero) is 1. The van der Waals surface area contributed by atoms with Crippen LogP contribution in [0.3, 0.4) is 0 Å². The zero-order chi connectivity index (χ0) is 9.42. The molecule has 1 unspecified atom stereocenters. The predicted molar refractivity (Wildman–Crippen MR) is 58.2 cm³/mol. The summed E-state index contributed by atoms with van der Waals surface area (Å²) < 4.78 is 6.61. The molecule has 0 fully saturated rings. The highest BCUT2D eigenvalue weighted by Crippen LogP contribution is 2.28. The van der Waals surface area contributed by atoms with Gasteiger partial charge in [0.1, 0.15) is 11.9 Å². The molecule has 0 saturated heterocycles. The van der Waals surface area contributed by atoms with Crippen molar-refractivity contribution in [3.05, 3.63) is 27.3 Å². The fourth-order valence-electron chi connectivity index (χ4n) is 1.45. The predicted octanol–water partition coefficient (Wildman–Crippen LogP) is 2.64. The summed E-state index contributed by atoms with van der Waals surface area (Å²) in [6.07, 6.45) is 0.507. The molecule has 1 aromatic carbocycles. The molecule has 2 nitrogen and oxygen atoms in total. The van der Waals surface area contributed by atoms with E-state index in [0.29, 0.717) is 6.42 Å². The molecule has 0 amide bonds. The first kappa shape index (κ1) is 8.99. The highest BCUT2D eigenvalue weighted by molar-refractivity contribution is 14.1. The molecule has 0 spiro atoms. The van der Waals surface area contributed by atoms with Crippen molar-refractivity contribution < 1.29 is 9.53 Å². The van der Waals surface area contributed by atoms with E-state index in [-0.39, 0.29) is 11.9 Å². The summed E-state index contributed by atoms with van der Waals surface area (Å²) in [6.45, 7) is 1.92. The van der Waals surface area contributed by atoms with Gasteiger partial charge in [0.05, 0.1) is 5.56 Å². The summed E-state index contributed by atoms with van der Waals surface area (Å²) in [6, 6.07) is 5.69. The van der Waals surface area contributed by atoms with Crippen molar-refractivity contribution in [3.8, 4) is 5.75 Å². The molecule has 2 rings (SSSR count). The molecule has 68 valence electrons. The second-order valence-corrected chi connectivity index (χ2v) is 4.44. The van der Waals surface area contributed by atoms with Crippen LogP contribution in [0.2, 0.25) is 0 Å². The van der Waals surface area contributed by atoms with Gasteiger partial charge in [0.15, 0.2) is 5.78 Å². The maximum absolute atomic E-state index is 11.6. The van der Waals surface area contributed by atoms with E-state index < -0.39 is 0 Å². The summed E-state index contributed by atoms with van der Waals surface area (Å²) >= 11 is 2.19. The van der Waals surface area contributed by atoms with E-state index in [1.165, 1.54) is 0 Å². The molecule has 0 saturated carbocycles. The molecule has 1 heterocycles. The minimum atomic E-state index is 0.0139. The van der Waals surface area contributed by atoms with Crippen LogP contribution in [-0.4, -0.2) is 11.9 Å². The Morgan fingerprint density at radius 3 is 3.08 bits per heavy atom. The van der Waals surface area contributed by atoms with Crippen LogP contribution in [-0.2, 0) is 0 Å². The highest BCUT2D eigenvalue weighted by atomic mass is 127. The summed E-state index contributed by atoms with van der Waals surface area (Å²) in [7, 11) is 0. The molecule has 1 aromatic rings. The highest BCUT2D eigenvalue weighted by Gasteiger charge is 2.23. The van der Waals surface area contributed by atoms with E-state index in [2.05, 4.69) is 22.6 Å². The number of carbonyl (C=O) groups is 1. The van der Waals surface area contributed by atoms with Crippen molar-refractivity contribution in [1.29, 1.82) is 0 Å². The van der Waals surface area contributed by atoms with Crippen LogP contribution < -0.4 is 4.74 Å². The maximum atomic E-state index is 11.6. The van der Waals surface area contributed by atoms with Gasteiger partial charge in [-0.25, -0.2) is 0 Å². The standard InChI is InChI=1S/C10H9IO2/c1-6-4-9(12)8-5-7(11)2-3-10(8)13-6/h2-3,5-6H,4H2,1H3. The topological polar surface area (TPSA) is 26.3 Å². The van der Waals surface area contributed by atoms with Crippen LogP contribution in [0.5, 0.6) is 5.75 Å². The van der Waals surface area contributed by atoms with Crippen molar-refractivity contribution in [2.45, 2.75) is 19.4 Å². The van der Waals surface area contributed by atoms with Crippen molar-refractivity contribution in [3.63, 3.8) is 0 Å². The van der Waals surface area contributed by atoms with E-state index in [9.17, 15) is 4.79 Å². The summed E-state index contributed by atoms with van der Waals surface area (Å²) in [4.78, 5) is 11.6. The quantitative estimate of drug-likeness (QED) is 0.686. The zero-order valence-electron chi connectivity index (χ0n) is 7.21. The Balaban J connectivity index is 2.49. The van der Waals surface area contributed by atoms with E-state index in [0.717, 1.165) is 14.9 Å². The third kappa shape index (κ3) is 1.70. The van der Waals surface area contributed by atoms with Gasteiger partial charge in [-0.15, -0.1) is 0 Å². The lowest BCUT2D eigenvalue weighted by Crippen LogP contribution is -2.23. The molecule has 0 radical (unpaired) electrons. The van der Waals surface area contributed by atoms with Crippen LogP contribution in [0.25, 0.3) is 0 Å². The molecule has 0 aromatic heterocycles. The first-order valence-electron chi connectivity index (χ1n) is 4.16. The maximum Gasteiger partial charge on any atom is 0.170 e. The summed E-state index contributed by atoms with van der Waals surface area (Å²) in [5, 5.41) is 0. The van der Waals surface area contributed by atoms with Crippen molar-refractivity contribution in [1.82, 2.24) is 0 Å². The van der Waals surface area contributed by atoms with E-state index in [1.807, 2.05) is 25.1 Å². The minimum Gasteiger partial charge on any atom is -0.489 e. The molecule has 1 aliphatic heterocycles. The largest absolute Gasteiger partial charge is 0.489 e. The fraction of sp³-hybridized carbons (Fsp3) is 0.300. The third-order valence-electron chi connectivity index (χ3n) is 2.04. The number of fused-ring (bicyclic) bond motifs is 1. The lowest BCUT2D eigenvalue weighted by Gasteiger charge is -2.22. The number of ether oxygens (including phenoxy) is 1. The van der Waals surface area contributed by atoms with Crippen LogP contribution in [0, 0.1) is 3.57 Å². The van der Waals surface area contributed by atoms with Gasteiger partial charge in [-0.1, -0.05) is 0 Å². The number of halogens is 1. The van der Waals surface area contributed by atoms with Crippen molar-refractivity contribution in [2.24, 2.45) is 0 Å². The molecule has 13 heavy (non-hydrogen) atoms. The van der Waals surface area contributed by atoms with Crippen molar-refractivity contribution in [2.75, 3.05) is 0 Å². The molecule has 0 N–H and O–H groups in total. The number of hydrogen-bond acceptors (Lipinski definition) is 2. The van der Waals surface area contributed by atoms with Crippen LogP contribution >= 0.6 is 22.6 Å². The number of hydrogen-bond donors (Lipinski definition) is 0. The second-order valence-electron chi connectivity index (χ2n) is 3.20. The number of ketones is 1. The Hall–Kier alpha value is -0.580. The Bertz CT molecular complexity index is 360. The molecule has 0 aliphatic carbocycles. The number of rotatable bonds is 0. The van der Waals surface area contributed by atoms with E-state index >= 15 is 0 Å². The second kappa shape index (κ2) is 3.29. The molecule has 1 aliphatic rings. The van der Waals surface area contributed by atoms with Gasteiger partial charge in [-0.05, 0) is 47.7 Å². The van der Waals surface area contributed by atoms with Gasteiger partial charge in [0.2, 0.25) is 0 Å². The van der Waals surface area contributed by atoms with E-state index in [1.54, 1.807) is 0 Å². The Morgan fingerprint density at radius 1 is 1.54 bits per heavy atom. The van der Waals surface area contributed by atoms with Gasteiger partial charge in [0, 0.05) is 9.99 Å². The van der Waals surface area contributed by atoms with Gasteiger partial charge >= 0.3 is 0 Å². The van der Waals surface area contributed by atoms with Crippen molar-refractivity contribution >= 4 is 28.4 Å². The molecule has 0 bridgehead atoms. The third-order valence-corrected chi connectivity index (χ3v) is 2.71. The lowest BCUT2D eigenvalue weighted by atomic mass is 10.0. The molecular formula is C10H9IO2. The monoisotopic (exact) mass is 288 g/mol. The SMILES string of the molecule is CC1CC(=O)c2cc(I)ccc2O1. The summed E-state index contributed by atoms with van der Waals surface area (Å²) in [5.41, 5.74) is 0.727. The average molecular weight is 288 g/mol. The van der Waals surface area contributed by atoms with Crippen LogP contribution in [0.4, 0.5) is 0 Å². The Labute approximate surface area is 90.4 Å². The van der Waals surface area contributed by atoms with Crippen LogP contribution in [0.15, 0.2) is 18.2 Å². The first-order valence-corrected chi connectivity index (χ1v) is 5.24. The van der Waals surface area contributed by atoms with Crippen LogP contribution in [0.1, 0.15) is 23.7 Å². The Kier molecular flexibility index (Phi) is 2.27. The first-order chi connectivity index (χ1) is 6.16. The fourth-order valence-corrected chi connectivity index (χ4v) is 1.94. The average Bonchev–Trinajstić information content (AvgIpc) is 2.06. The summed E-state index contributed by atoms with van der Waals surface area (Å²) in [5.74, 6) is 0.913.